The zero-order valence-electron chi connectivity index (χ0n) is 9.53. The average molecular weight is 300 g/mol. The number of rotatable bonds is 4. The molecule has 1 heterocycles. The van der Waals surface area contributed by atoms with Gasteiger partial charge in [-0.2, -0.15) is 0 Å². The van der Waals surface area contributed by atoms with Crippen LogP contribution in [-0.2, 0) is 4.74 Å². The molecule has 1 aliphatic rings. The first-order valence-corrected chi connectivity index (χ1v) is 6.08. The molecule has 1 aromatic carbocycles. The predicted octanol–water partition coefficient (Wildman–Crippen LogP) is 1.62. The Morgan fingerprint density at radius 2 is 2.29 bits per heavy atom. The van der Waals surface area contributed by atoms with E-state index in [0.29, 0.717) is 31.1 Å². The number of carbonyl (C=O) groups excluding carboxylic acids is 1. The van der Waals surface area contributed by atoms with Crippen molar-refractivity contribution in [3.8, 4) is 5.75 Å². The summed E-state index contributed by atoms with van der Waals surface area (Å²) >= 11 is 3.35. The third-order valence-corrected chi connectivity index (χ3v) is 3.53. The summed E-state index contributed by atoms with van der Waals surface area (Å²) in [6, 6.07) is 5.36. The first-order valence-electron chi connectivity index (χ1n) is 5.29. The van der Waals surface area contributed by atoms with E-state index in [2.05, 4.69) is 15.9 Å². The molecule has 0 bridgehead atoms. The second kappa shape index (κ2) is 4.76. The Bertz CT molecular complexity index is 438. The Kier molecular flexibility index (Phi) is 3.51. The van der Waals surface area contributed by atoms with Gasteiger partial charge in [0.05, 0.1) is 31.3 Å². The van der Waals surface area contributed by atoms with Crippen molar-refractivity contribution in [2.75, 3.05) is 26.9 Å². The summed E-state index contributed by atoms with van der Waals surface area (Å²) in [7, 11) is 1.55. The van der Waals surface area contributed by atoms with E-state index < -0.39 is 5.41 Å². The number of benzene rings is 1. The van der Waals surface area contributed by atoms with E-state index in [0.717, 1.165) is 4.47 Å². The molecule has 92 valence electrons. The van der Waals surface area contributed by atoms with Crippen LogP contribution in [0.25, 0.3) is 0 Å². The number of halogens is 1. The lowest BCUT2D eigenvalue weighted by Gasteiger charge is -2.39. The van der Waals surface area contributed by atoms with Crippen LogP contribution in [0.1, 0.15) is 10.4 Å². The third kappa shape index (κ3) is 2.10. The van der Waals surface area contributed by atoms with E-state index in [9.17, 15) is 4.79 Å². The maximum atomic E-state index is 12.5. The van der Waals surface area contributed by atoms with Crippen molar-refractivity contribution >= 4 is 21.7 Å². The molecule has 0 aromatic heterocycles. The first kappa shape index (κ1) is 12.5. The van der Waals surface area contributed by atoms with E-state index in [1.807, 2.05) is 6.07 Å². The van der Waals surface area contributed by atoms with Gasteiger partial charge in [0.25, 0.3) is 0 Å². The summed E-state index contributed by atoms with van der Waals surface area (Å²) in [6.45, 7) is 1.07. The van der Waals surface area contributed by atoms with Crippen LogP contribution < -0.4 is 10.5 Å². The second-order valence-electron chi connectivity index (χ2n) is 4.15. The Balaban J connectivity index is 2.39. The summed E-state index contributed by atoms with van der Waals surface area (Å²) < 4.78 is 11.2. The zero-order chi connectivity index (χ0) is 12.5. The fraction of sp³-hybridized carbons (Fsp3) is 0.417. The molecule has 0 aliphatic carbocycles. The summed E-state index contributed by atoms with van der Waals surface area (Å²) in [5.41, 5.74) is 5.66. The minimum absolute atomic E-state index is 0.00981. The molecule has 17 heavy (non-hydrogen) atoms. The lowest BCUT2D eigenvalue weighted by Crippen LogP contribution is -2.54. The molecule has 1 saturated heterocycles. The van der Waals surface area contributed by atoms with Gasteiger partial charge in [-0.15, -0.1) is 0 Å². The molecule has 0 amide bonds. The standard InChI is InChI=1S/C12H14BrNO3/c1-16-10-3-2-8(13)4-9(10)11(15)12(5-14)6-17-7-12/h2-4H,5-7,14H2,1H3. The van der Waals surface area contributed by atoms with Crippen LogP contribution in [0, 0.1) is 5.41 Å². The molecule has 2 rings (SSSR count). The minimum atomic E-state index is -0.575. The number of ether oxygens (including phenoxy) is 2. The lowest BCUT2D eigenvalue weighted by atomic mass is 9.78. The molecule has 0 saturated carbocycles. The first-order chi connectivity index (χ1) is 8.13. The highest BCUT2D eigenvalue weighted by Gasteiger charge is 2.45. The monoisotopic (exact) mass is 299 g/mol. The Morgan fingerprint density at radius 1 is 1.59 bits per heavy atom. The zero-order valence-corrected chi connectivity index (χ0v) is 11.1. The largest absolute Gasteiger partial charge is 0.496 e. The fourth-order valence-corrected chi connectivity index (χ4v) is 2.19. The molecular weight excluding hydrogens is 286 g/mol. The SMILES string of the molecule is COc1ccc(Br)cc1C(=O)C1(CN)COC1. The van der Waals surface area contributed by atoms with Crippen molar-refractivity contribution in [2.45, 2.75) is 0 Å². The number of methoxy groups -OCH3 is 1. The molecule has 0 spiro atoms. The summed E-state index contributed by atoms with van der Waals surface area (Å²) in [5, 5.41) is 0. The van der Waals surface area contributed by atoms with Gasteiger partial charge in [-0.25, -0.2) is 0 Å². The van der Waals surface area contributed by atoms with E-state index in [1.54, 1.807) is 19.2 Å². The van der Waals surface area contributed by atoms with Crippen molar-refractivity contribution in [3.05, 3.63) is 28.2 Å². The normalized spacial score (nSPS) is 17.4. The topological polar surface area (TPSA) is 61.5 Å². The van der Waals surface area contributed by atoms with E-state index in [-0.39, 0.29) is 5.78 Å². The van der Waals surface area contributed by atoms with Gasteiger partial charge in [0.1, 0.15) is 5.75 Å². The number of nitrogens with two attached hydrogens (primary N) is 1. The van der Waals surface area contributed by atoms with Crippen molar-refractivity contribution in [2.24, 2.45) is 11.1 Å². The predicted molar refractivity (Wildman–Crippen MR) is 67.3 cm³/mol. The summed E-state index contributed by atoms with van der Waals surface area (Å²) in [4.78, 5) is 12.5. The Morgan fingerprint density at radius 3 is 2.76 bits per heavy atom. The van der Waals surface area contributed by atoms with Crippen LogP contribution >= 0.6 is 15.9 Å². The van der Waals surface area contributed by atoms with Gasteiger partial charge < -0.3 is 15.2 Å². The van der Waals surface area contributed by atoms with Crippen molar-refractivity contribution < 1.29 is 14.3 Å². The van der Waals surface area contributed by atoms with Crippen molar-refractivity contribution in [1.82, 2.24) is 0 Å². The van der Waals surface area contributed by atoms with Crippen LogP contribution in [0.2, 0.25) is 0 Å². The number of Topliss-reactive ketones (excluding diaryl/α,β-unsaturated/α-hetero) is 1. The van der Waals surface area contributed by atoms with Crippen LogP contribution in [0.3, 0.4) is 0 Å². The van der Waals surface area contributed by atoms with E-state index in [1.165, 1.54) is 0 Å². The Labute approximate surface area is 108 Å². The highest BCUT2D eigenvalue weighted by Crippen LogP contribution is 2.34. The van der Waals surface area contributed by atoms with Gasteiger partial charge in [0, 0.05) is 11.0 Å². The van der Waals surface area contributed by atoms with Crippen LogP contribution in [0.5, 0.6) is 5.75 Å². The van der Waals surface area contributed by atoms with Crippen LogP contribution in [0.15, 0.2) is 22.7 Å². The lowest BCUT2D eigenvalue weighted by molar-refractivity contribution is -0.0816. The Hall–Kier alpha value is -0.910. The van der Waals surface area contributed by atoms with Crippen molar-refractivity contribution in [3.63, 3.8) is 0 Å². The van der Waals surface area contributed by atoms with Crippen molar-refractivity contribution in [1.29, 1.82) is 0 Å². The van der Waals surface area contributed by atoms with Gasteiger partial charge in [-0.05, 0) is 18.2 Å². The molecule has 0 unspecified atom stereocenters. The van der Waals surface area contributed by atoms with Gasteiger partial charge >= 0.3 is 0 Å². The highest BCUT2D eigenvalue weighted by molar-refractivity contribution is 9.10. The molecule has 1 aliphatic heterocycles. The van der Waals surface area contributed by atoms with Crippen LogP contribution in [-0.4, -0.2) is 32.7 Å². The molecule has 0 atom stereocenters. The van der Waals surface area contributed by atoms with Gasteiger partial charge in [-0.1, -0.05) is 15.9 Å². The van der Waals surface area contributed by atoms with E-state index >= 15 is 0 Å². The number of hydrogen-bond acceptors (Lipinski definition) is 4. The summed E-state index contributed by atoms with van der Waals surface area (Å²) in [6.07, 6.45) is 0. The third-order valence-electron chi connectivity index (χ3n) is 3.04. The molecule has 1 fully saturated rings. The number of carbonyl (C=O) groups is 1. The molecule has 5 heteroatoms. The van der Waals surface area contributed by atoms with E-state index in [4.69, 9.17) is 15.2 Å². The van der Waals surface area contributed by atoms with Crippen LogP contribution in [0.4, 0.5) is 0 Å². The maximum absolute atomic E-state index is 12.5. The fourth-order valence-electron chi connectivity index (χ4n) is 1.83. The smallest absolute Gasteiger partial charge is 0.178 e. The van der Waals surface area contributed by atoms with Gasteiger partial charge in [0.15, 0.2) is 5.78 Å². The molecule has 2 N–H and O–H groups in total. The number of ketones is 1. The molecular formula is C12H14BrNO3. The molecule has 1 aromatic rings. The second-order valence-corrected chi connectivity index (χ2v) is 5.07. The molecule has 0 radical (unpaired) electrons. The highest BCUT2D eigenvalue weighted by atomic mass is 79.9. The van der Waals surface area contributed by atoms with Gasteiger partial charge in [-0.3, -0.25) is 4.79 Å². The number of hydrogen-bond donors (Lipinski definition) is 1. The molecule has 4 nitrogen and oxygen atoms in total. The average Bonchev–Trinajstić information content (AvgIpc) is 2.28. The summed E-state index contributed by atoms with van der Waals surface area (Å²) in [5.74, 6) is 0.558. The quantitative estimate of drug-likeness (QED) is 0.858. The van der Waals surface area contributed by atoms with Gasteiger partial charge in [0.2, 0.25) is 0 Å². The minimum Gasteiger partial charge on any atom is -0.496 e. The maximum Gasteiger partial charge on any atom is 0.178 e.